The summed E-state index contributed by atoms with van der Waals surface area (Å²) < 4.78 is 40.9. The van der Waals surface area contributed by atoms with Crippen molar-refractivity contribution in [3.63, 3.8) is 0 Å². The van der Waals surface area contributed by atoms with E-state index in [4.69, 9.17) is 28.9 Å². The van der Waals surface area contributed by atoms with Crippen LogP contribution in [0, 0.1) is 0 Å². The van der Waals surface area contributed by atoms with Crippen molar-refractivity contribution < 1.29 is 13.2 Å². The van der Waals surface area contributed by atoms with Gasteiger partial charge in [-0.05, 0) is 34.9 Å². The van der Waals surface area contributed by atoms with Gasteiger partial charge in [-0.3, -0.25) is 0 Å². The fourth-order valence-corrected chi connectivity index (χ4v) is 3.02. The average molecular weight is 439 g/mol. The van der Waals surface area contributed by atoms with Gasteiger partial charge in [0.2, 0.25) is 0 Å². The average Bonchev–Trinajstić information content (AvgIpc) is 2.50. The molecule has 2 aromatic rings. The van der Waals surface area contributed by atoms with Crippen LogP contribution in [0.1, 0.15) is 22.6 Å². The fraction of sp³-hybridized carbons (Fsp3) is 0.176. The van der Waals surface area contributed by atoms with Crippen molar-refractivity contribution in [3.8, 4) is 0 Å². The largest absolute Gasteiger partial charge is 0.399 e. The van der Waals surface area contributed by atoms with Crippen LogP contribution in [-0.2, 0) is 6.54 Å². The van der Waals surface area contributed by atoms with Gasteiger partial charge in [-0.25, -0.2) is 0 Å². The third-order valence-electron chi connectivity index (χ3n) is 3.43. The first-order valence-electron chi connectivity index (χ1n) is 6.90. The standard InChI is InChI=1S/C17H13BrCl2F3N/c18-14-7-10(1-3-12(14)9-24)2-5-13(17(21,22)23)11-4-6-15(19)16(20)8-11/h1-8,13H,9,24H2. The van der Waals surface area contributed by atoms with Gasteiger partial charge >= 0.3 is 6.18 Å². The van der Waals surface area contributed by atoms with Crippen LogP contribution in [-0.4, -0.2) is 6.18 Å². The number of nitrogens with two attached hydrogens (primary N) is 1. The number of alkyl halides is 3. The molecule has 128 valence electrons. The van der Waals surface area contributed by atoms with Gasteiger partial charge in [0.15, 0.2) is 0 Å². The van der Waals surface area contributed by atoms with Crippen LogP contribution in [0.25, 0.3) is 6.08 Å². The second-order valence-electron chi connectivity index (χ2n) is 5.11. The van der Waals surface area contributed by atoms with Gasteiger partial charge in [-0.1, -0.05) is 69.5 Å². The van der Waals surface area contributed by atoms with Crippen molar-refractivity contribution in [3.05, 3.63) is 73.7 Å². The van der Waals surface area contributed by atoms with Crippen LogP contribution in [0.2, 0.25) is 10.0 Å². The Kier molecular flexibility index (Phi) is 6.37. The zero-order valence-electron chi connectivity index (χ0n) is 12.2. The molecule has 0 saturated carbocycles. The summed E-state index contributed by atoms with van der Waals surface area (Å²) in [7, 11) is 0. The number of hydrogen-bond donors (Lipinski definition) is 1. The van der Waals surface area contributed by atoms with E-state index in [1.807, 2.05) is 0 Å². The highest BCUT2D eigenvalue weighted by atomic mass is 79.9. The Morgan fingerprint density at radius 3 is 2.33 bits per heavy atom. The minimum absolute atomic E-state index is 0.0331. The Morgan fingerprint density at radius 1 is 1.08 bits per heavy atom. The smallest absolute Gasteiger partial charge is 0.326 e. The maximum absolute atomic E-state index is 13.4. The highest BCUT2D eigenvalue weighted by Gasteiger charge is 2.39. The second kappa shape index (κ2) is 7.91. The van der Waals surface area contributed by atoms with E-state index in [-0.39, 0.29) is 15.6 Å². The van der Waals surface area contributed by atoms with Crippen LogP contribution in [0.3, 0.4) is 0 Å². The zero-order chi connectivity index (χ0) is 17.9. The van der Waals surface area contributed by atoms with Crippen LogP contribution in [0.4, 0.5) is 13.2 Å². The molecule has 1 nitrogen and oxygen atoms in total. The highest BCUT2D eigenvalue weighted by molar-refractivity contribution is 9.10. The molecule has 1 atom stereocenters. The molecule has 7 heteroatoms. The fourth-order valence-electron chi connectivity index (χ4n) is 2.16. The summed E-state index contributed by atoms with van der Waals surface area (Å²) in [6.45, 7) is 0.346. The number of allylic oxidation sites excluding steroid dienone is 1. The van der Waals surface area contributed by atoms with Gasteiger partial charge in [0.25, 0.3) is 0 Å². The van der Waals surface area contributed by atoms with Crippen LogP contribution in [0.15, 0.2) is 46.9 Å². The van der Waals surface area contributed by atoms with E-state index >= 15 is 0 Å². The topological polar surface area (TPSA) is 26.0 Å². The van der Waals surface area contributed by atoms with E-state index in [9.17, 15) is 13.2 Å². The minimum Gasteiger partial charge on any atom is -0.326 e. The summed E-state index contributed by atoms with van der Waals surface area (Å²) in [5.74, 6) is -1.78. The molecule has 0 amide bonds. The van der Waals surface area contributed by atoms with E-state index in [0.29, 0.717) is 12.1 Å². The van der Waals surface area contributed by atoms with Crippen LogP contribution in [0.5, 0.6) is 0 Å². The first-order valence-corrected chi connectivity index (χ1v) is 8.45. The first-order chi connectivity index (χ1) is 11.2. The molecule has 2 rings (SSSR count). The van der Waals surface area contributed by atoms with Crippen molar-refractivity contribution in [1.82, 2.24) is 0 Å². The lowest BCUT2D eigenvalue weighted by atomic mass is 9.97. The van der Waals surface area contributed by atoms with E-state index in [1.165, 1.54) is 24.3 Å². The van der Waals surface area contributed by atoms with Gasteiger partial charge in [-0.2, -0.15) is 13.2 Å². The Labute approximate surface area is 156 Å². The third-order valence-corrected chi connectivity index (χ3v) is 4.91. The highest BCUT2D eigenvalue weighted by Crippen LogP contribution is 2.38. The number of rotatable bonds is 4. The summed E-state index contributed by atoms with van der Waals surface area (Å²) in [6, 6.07) is 9.13. The predicted octanol–water partition coefficient (Wildman–Crippen LogP) is 6.57. The molecular weight excluding hydrogens is 426 g/mol. The summed E-state index contributed by atoms with van der Waals surface area (Å²) in [5.41, 5.74) is 7.11. The molecule has 2 aromatic carbocycles. The van der Waals surface area contributed by atoms with E-state index in [2.05, 4.69) is 15.9 Å². The van der Waals surface area contributed by atoms with Crippen LogP contribution < -0.4 is 5.73 Å². The molecule has 1 unspecified atom stereocenters. The van der Waals surface area contributed by atoms with Crippen molar-refractivity contribution in [2.24, 2.45) is 5.73 Å². The normalized spacial score (nSPS) is 13.5. The molecule has 0 aliphatic heterocycles. The lowest BCUT2D eigenvalue weighted by molar-refractivity contribution is -0.139. The molecule has 0 spiro atoms. The Balaban J connectivity index is 2.36. The van der Waals surface area contributed by atoms with Gasteiger partial charge < -0.3 is 5.73 Å². The molecule has 2 N–H and O–H groups in total. The van der Waals surface area contributed by atoms with Gasteiger partial charge in [0, 0.05) is 11.0 Å². The Morgan fingerprint density at radius 2 is 1.79 bits per heavy atom. The van der Waals surface area contributed by atoms with Gasteiger partial charge in [0.05, 0.1) is 16.0 Å². The lowest BCUT2D eigenvalue weighted by Crippen LogP contribution is -2.18. The minimum atomic E-state index is -4.44. The molecule has 0 saturated heterocycles. The molecule has 0 bridgehead atoms. The summed E-state index contributed by atoms with van der Waals surface area (Å²) in [6.07, 6.45) is -1.92. The SMILES string of the molecule is NCc1ccc(C=CC(c2ccc(Cl)c(Cl)c2)C(F)(F)F)cc1Br. The molecule has 0 aliphatic carbocycles. The molecule has 0 heterocycles. The van der Waals surface area contributed by atoms with E-state index in [0.717, 1.165) is 16.1 Å². The summed E-state index contributed by atoms with van der Waals surface area (Å²) in [4.78, 5) is 0. The van der Waals surface area contributed by atoms with Crippen LogP contribution >= 0.6 is 39.1 Å². The van der Waals surface area contributed by atoms with Crippen molar-refractivity contribution in [2.45, 2.75) is 18.6 Å². The van der Waals surface area contributed by atoms with Gasteiger partial charge in [0.1, 0.15) is 0 Å². The molecule has 0 radical (unpaired) electrons. The second-order valence-corrected chi connectivity index (χ2v) is 6.78. The van der Waals surface area contributed by atoms with Gasteiger partial charge in [-0.15, -0.1) is 0 Å². The number of hydrogen-bond acceptors (Lipinski definition) is 1. The maximum atomic E-state index is 13.4. The molecular formula is C17H13BrCl2F3N. The summed E-state index contributed by atoms with van der Waals surface area (Å²) in [5, 5.41) is 0.304. The third kappa shape index (κ3) is 4.76. The Bertz CT molecular complexity index is 760. The lowest BCUT2D eigenvalue weighted by Gasteiger charge is -2.18. The molecule has 0 aliphatic rings. The zero-order valence-corrected chi connectivity index (χ0v) is 15.3. The number of halogens is 6. The maximum Gasteiger partial charge on any atom is 0.399 e. The predicted molar refractivity (Wildman–Crippen MR) is 96.3 cm³/mol. The van der Waals surface area contributed by atoms with Crippen molar-refractivity contribution >= 4 is 45.2 Å². The Hall–Kier alpha value is -1.01. The van der Waals surface area contributed by atoms with E-state index in [1.54, 1.807) is 18.2 Å². The quantitative estimate of drug-likeness (QED) is 0.573. The molecule has 0 fully saturated rings. The monoisotopic (exact) mass is 437 g/mol. The van der Waals surface area contributed by atoms with Crippen molar-refractivity contribution in [1.29, 1.82) is 0 Å². The number of benzene rings is 2. The first kappa shape index (κ1) is 19.3. The molecule has 24 heavy (non-hydrogen) atoms. The van der Waals surface area contributed by atoms with E-state index < -0.39 is 12.1 Å². The van der Waals surface area contributed by atoms with Crippen molar-refractivity contribution in [2.75, 3.05) is 0 Å². The summed E-state index contributed by atoms with van der Waals surface area (Å²) >= 11 is 15.0. The molecule has 0 aromatic heterocycles.